The number of aromatic nitrogens is 2. The van der Waals surface area contributed by atoms with Crippen molar-refractivity contribution in [3.8, 4) is 0 Å². The standard InChI is InChI=1S/C30H33FN4O/c1-22(15-16-23-9-3-2-4-10-23)32-29(36)24-17-19-34(20-18-24)30-33-27-13-7-8-14-28(27)35(30)21-25-11-5-6-12-26(25)31/h2-14,22,24H,15-21H2,1H3,(H,32,36)/t22-/m1/s1. The molecule has 4 aromatic rings. The molecule has 1 aliphatic rings. The fraction of sp³-hybridized carbons (Fsp3) is 0.333. The van der Waals surface area contributed by atoms with Crippen molar-refractivity contribution >= 4 is 22.9 Å². The summed E-state index contributed by atoms with van der Waals surface area (Å²) < 4.78 is 16.6. The Morgan fingerprint density at radius 2 is 1.69 bits per heavy atom. The molecular weight excluding hydrogens is 451 g/mol. The molecule has 186 valence electrons. The van der Waals surface area contributed by atoms with E-state index >= 15 is 0 Å². The fourth-order valence-corrected chi connectivity index (χ4v) is 5.06. The van der Waals surface area contributed by atoms with Crippen molar-refractivity contribution in [2.45, 2.75) is 45.2 Å². The van der Waals surface area contributed by atoms with E-state index in [4.69, 9.17) is 4.98 Å². The second kappa shape index (κ2) is 10.9. The highest BCUT2D eigenvalue weighted by Gasteiger charge is 2.28. The van der Waals surface area contributed by atoms with Gasteiger partial charge in [0.15, 0.2) is 0 Å². The van der Waals surface area contributed by atoms with Crippen LogP contribution in [0.2, 0.25) is 0 Å². The molecule has 1 N–H and O–H groups in total. The number of carbonyl (C=O) groups excluding carboxylic acids is 1. The molecule has 3 aromatic carbocycles. The number of nitrogens with zero attached hydrogens (tertiary/aromatic N) is 3. The maximum Gasteiger partial charge on any atom is 0.223 e. The average Bonchev–Trinajstić information content (AvgIpc) is 3.28. The highest BCUT2D eigenvalue weighted by atomic mass is 19.1. The van der Waals surface area contributed by atoms with Crippen molar-refractivity contribution in [3.63, 3.8) is 0 Å². The molecule has 1 aromatic heterocycles. The fourth-order valence-electron chi connectivity index (χ4n) is 5.06. The molecule has 0 aliphatic carbocycles. The molecule has 1 amide bonds. The van der Waals surface area contributed by atoms with Crippen molar-refractivity contribution in [2.75, 3.05) is 18.0 Å². The van der Waals surface area contributed by atoms with Gasteiger partial charge in [-0.15, -0.1) is 0 Å². The lowest BCUT2D eigenvalue weighted by atomic mass is 9.95. The summed E-state index contributed by atoms with van der Waals surface area (Å²) in [5, 5.41) is 3.23. The van der Waals surface area contributed by atoms with E-state index in [9.17, 15) is 9.18 Å². The summed E-state index contributed by atoms with van der Waals surface area (Å²) in [5.74, 6) is 0.785. The van der Waals surface area contributed by atoms with E-state index in [1.54, 1.807) is 6.07 Å². The third kappa shape index (κ3) is 5.43. The van der Waals surface area contributed by atoms with Crippen LogP contribution in [0.1, 0.15) is 37.3 Å². The summed E-state index contributed by atoms with van der Waals surface area (Å²) in [6.45, 7) is 4.00. The van der Waals surface area contributed by atoms with Crippen LogP contribution < -0.4 is 10.2 Å². The minimum atomic E-state index is -0.210. The van der Waals surface area contributed by atoms with Gasteiger partial charge in [0.2, 0.25) is 11.9 Å². The van der Waals surface area contributed by atoms with E-state index in [0.717, 1.165) is 55.8 Å². The number of amides is 1. The summed E-state index contributed by atoms with van der Waals surface area (Å²) in [7, 11) is 0. The van der Waals surface area contributed by atoms with E-state index in [1.165, 1.54) is 11.6 Å². The molecule has 1 atom stereocenters. The zero-order chi connectivity index (χ0) is 24.9. The lowest BCUT2D eigenvalue weighted by Gasteiger charge is -2.33. The van der Waals surface area contributed by atoms with E-state index < -0.39 is 0 Å². The van der Waals surface area contributed by atoms with Crippen LogP contribution in [-0.2, 0) is 17.8 Å². The van der Waals surface area contributed by atoms with Crippen LogP contribution in [0, 0.1) is 11.7 Å². The van der Waals surface area contributed by atoms with Gasteiger partial charge in [-0.2, -0.15) is 0 Å². The Bertz CT molecular complexity index is 1310. The molecule has 2 heterocycles. The maximum atomic E-state index is 14.5. The first-order valence-electron chi connectivity index (χ1n) is 12.9. The summed E-state index contributed by atoms with van der Waals surface area (Å²) >= 11 is 0. The Morgan fingerprint density at radius 1 is 1.00 bits per heavy atom. The number of piperidine rings is 1. The summed E-state index contributed by atoms with van der Waals surface area (Å²) in [6.07, 6.45) is 3.44. The van der Waals surface area contributed by atoms with Gasteiger partial charge < -0.3 is 14.8 Å². The van der Waals surface area contributed by atoms with Crippen LogP contribution in [0.5, 0.6) is 0 Å². The number of carbonyl (C=O) groups is 1. The van der Waals surface area contributed by atoms with E-state index in [1.807, 2.05) is 42.5 Å². The number of rotatable bonds is 8. The SMILES string of the molecule is C[C@H](CCc1ccccc1)NC(=O)C1CCN(c2nc3ccccc3n2Cc2ccccc2F)CC1. The van der Waals surface area contributed by atoms with Crippen LogP contribution in [0.25, 0.3) is 11.0 Å². The summed E-state index contributed by atoms with van der Waals surface area (Å²) in [6, 6.07) is 25.4. The predicted octanol–water partition coefficient (Wildman–Crippen LogP) is 5.58. The Balaban J connectivity index is 1.23. The van der Waals surface area contributed by atoms with Crippen molar-refractivity contribution in [1.29, 1.82) is 0 Å². The third-order valence-corrected chi connectivity index (χ3v) is 7.17. The topological polar surface area (TPSA) is 50.2 Å². The van der Waals surface area contributed by atoms with Crippen LogP contribution >= 0.6 is 0 Å². The van der Waals surface area contributed by atoms with E-state index in [2.05, 4.69) is 46.0 Å². The number of imidazole rings is 1. The molecule has 5 rings (SSSR count). The minimum absolute atomic E-state index is 0.00446. The number of para-hydroxylation sites is 2. The van der Waals surface area contributed by atoms with Gasteiger partial charge in [0.05, 0.1) is 17.6 Å². The third-order valence-electron chi connectivity index (χ3n) is 7.17. The summed E-state index contributed by atoms with van der Waals surface area (Å²) in [5.41, 5.74) is 3.82. The van der Waals surface area contributed by atoms with Gasteiger partial charge in [0.1, 0.15) is 5.82 Å². The zero-order valence-corrected chi connectivity index (χ0v) is 20.7. The Morgan fingerprint density at radius 3 is 2.47 bits per heavy atom. The van der Waals surface area contributed by atoms with Gasteiger partial charge in [-0.3, -0.25) is 4.79 Å². The lowest BCUT2D eigenvalue weighted by molar-refractivity contribution is -0.126. The van der Waals surface area contributed by atoms with Crippen LogP contribution in [-0.4, -0.2) is 34.6 Å². The number of benzene rings is 3. The number of halogens is 1. The molecule has 5 nitrogen and oxygen atoms in total. The predicted molar refractivity (Wildman–Crippen MR) is 143 cm³/mol. The molecular formula is C30H33FN4O. The summed E-state index contributed by atoms with van der Waals surface area (Å²) in [4.78, 5) is 20.1. The molecule has 36 heavy (non-hydrogen) atoms. The largest absolute Gasteiger partial charge is 0.353 e. The van der Waals surface area contributed by atoms with Gasteiger partial charge in [-0.25, -0.2) is 9.37 Å². The lowest BCUT2D eigenvalue weighted by Crippen LogP contribution is -2.43. The monoisotopic (exact) mass is 484 g/mol. The van der Waals surface area contributed by atoms with Gasteiger partial charge in [0.25, 0.3) is 0 Å². The smallest absolute Gasteiger partial charge is 0.223 e. The van der Waals surface area contributed by atoms with Gasteiger partial charge in [-0.1, -0.05) is 60.7 Å². The second-order valence-electron chi connectivity index (χ2n) is 9.77. The Kier molecular flexibility index (Phi) is 7.31. The van der Waals surface area contributed by atoms with Gasteiger partial charge in [-0.05, 0) is 56.4 Å². The van der Waals surface area contributed by atoms with Crippen molar-refractivity contribution in [2.24, 2.45) is 5.92 Å². The molecule has 0 spiro atoms. The van der Waals surface area contributed by atoms with E-state index in [-0.39, 0.29) is 23.7 Å². The van der Waals surface area contributed by atoms with E-state index in [0.29, 0.717) is 12.1 Å². The van der Waals surface area contributed by atoms with Crippen LogP contribution in [0.15, 0.2) is 78.9 Å². The molecule has 0 bridgehead atoms. The maximum absolute atomic E-state index is 14.5. The first-order valence-corrected chi connectivity index (χ1v) is 12.9. The molecule has 6 heteroatoms. The van der Waals surface area contributed by atoms with Crippen molar-refractivity contribution in [1.82, 2.24) is 14.9 Å². The molecule has 1 aliphatic heterocycles. The van der Waals surface area contributed by atoms with Gasteiger partial charge >= 0.3 is 0 Å². The number of hydrogen-bond acceptors (Lipinski definition) is 3. The van der Waals surface area contributed by atoms with Crippen LogP contribution in [0.3, 0.4) is 0 Å². The first kappa shape index (κ1) is 24.0. The highest BCUT2D eigenvalue weighted by molar-refractivity contribution is 5.80. The normalized spacial score (nSPS) is 15.2. The molecule has 1 saturated heterocycles. The second-order valence-corrected chi connectivity index (χ2v) is 9.77. The molecule has 0 saturated carbocycles. The van der Waals surface area contributed by atoms with Crippen LogP contribution in [0.4, 0.5) is 10.3 Å². The number of aryl methyl sites for hydroxylation is 1. The molecule has 1 fully saturated rings. The Hall–Kier alpha value is -3.67. The molecule has 0 radical (unpaired) electrons. The Labute approximate surface area is 212 Å². The number of nitrogens with one attached hydrogen (secondary N) is 1. The van der Waals surface area contributed by atoms with Crippen molar-refractivity contribution < 1.29 is 9.18 Å². The highest BCUT2D eigenvalue weighted by Crippen LogP contribution is 2.28. The minimum Gasteiger partial charge on any atom is -0.353 e. The number of anilines is 1. The first-order chi connectivity index (χ1) is 17.6. The number of hydrogen-bond donors (Lipinski definition) is 1. The zero-order valence-electron chi connectivity index (χ0n) is 20.7. The number of fused-ring (bicyclic) bond motifs is 1. The average molecular weight is 485 g/mol. The van der Waals surface area contributed by atoms with Crippen molar-refractivity contribution in [3.05, 3.63) is 95.8 Å². The van der Waals surface area contributed by atoms with Gasteiger partial charge in [0, 0.05) is 30.6 Å². The molecule has 0 unspecified atom stereocenters. The quantitative estimate of drug-likeness (QED) is 0.355.